The lowest BCUT2D eigenvalue weighted by Crippen LogP contribution is -2.35. The Morgan fingerprint density at radius 2 is 2.17 bits per heavy atom. The smallest absolute Gasteiger partial charge is 0.138 e. The number of aromatic nitrogens is 1. The molecule has 0 aliphatic carbocycles. The summed E-state index contributed by atoms with van der Waals surface area (Å²) in [5, 5.41) is 3.82. The molecule has 0 fully saturated rings. The van der Waals surface area contributed by atoms with Gasteiger partial charge in [0.15, 0.2) is 0 Å². The Bertz CT molecular complexity index is 396. The molecular formula is C13H18Cl2N2O. The molecular weight excluding hydrogens is 271 g/mol. The van der Waals surface area contributed by atoms with Crippen LogP contribution in [0.25, 0.3) is 0 Å². The van der Waals surface area contributed by atoms with E-state index < -0.39 is 0 Å². The normalized spacial score (nSPS) is 12.6. The van der Waals surface area contributed by atoms with Gasteiger partial charge in [-0.3, -0.25) is 4.98 Å². The summed E-state index contributed by atoms with van der Waals surface area (Å²) in [6, 6.07) is 3.79. The molecule has 0 unspecified atom stereocenters. The highest BCUT2D eigenvalue weighted by Crippen LogP contribution is 2.12. The van der Waals surface area contributed by atoms with Gasteiger partial charge in [0, 0.05) is 17.6 Å². The Morgan fingerprint density at radius 3 is 2.67 bits per heavy atom. The summed E-state index contributed by atoms with van der Waals surface area (Å²) in [5.41, 5.74) is 2.34. The first kappa shape index (κ1) is 15.3. The summed E-state index contributed by atoms with van der Waals surface area (Å²) in [5.74, 6) is 0.672. The minimum atomic E-state index is 0.0789. The monoisotopic (exact) mass is 288 g/mol. The number of nitrogens with one attached hydrogen (secondary N) is 1. The van der Waals surface area contributed by atoms with E-state index in [1.54, 1.807) is 6.20 Å². The minimum Gasteiger partial charge on any atom is -0.486 e. The van der Waals surface area contributed by atoms with Gasteiger partial charge in [0.2, 0.25) is 0 Å². The molecule has 0 bridgehead atoms. The molecule has 1 heterocycles. The van der Waals surface area contributed by atoms with Gasteiger partial charge in [0.1, 0.15) is 12.4 Å². The van der Waals surface area contributed by atoms with Crippen molar-refractivity contribution in [2.24, 2.45) is 0 Å². The van der Waals surface area contributed by atoms with Crippen LogP contribution in [0.1, 0.15) is 26.5 Å². The van der Waals surface area contributed by atoms with Crippen LogP contribution >= 0.6 is 23.2 Å². The van der Waals surface area contributed by atoms with E-state index in [0.29, 0.717) is 10.8 Å². The first-order chi connectivity index (χ1) is 8.40. The molecule has 0 spiro atoms. The van der Waals surface area contributed by atoms with Crippen LogP contribution in [0.15, 0.2) is 28.9 Å². The zero-order valence-corrected chi connectivity index (χ0v) is 12.3. The first-order valence-electron chi connectivity index (χ1n) is 5.68. The number of pyridine rings is 1. The lowest BCUT2D eigenvalue weighted by atomic mass is 10.1. The maximum Gasteiger partial charge on any atom is 0.138 e. The van der Waals surface area contributed by atoms with E-state index in [0.717, 1.165) is 12.2 Å². The van der Waals surface area contributed by atoms with Gasteiger partial charge in [-0.1, -0.05) is 23.2 Å². The standard InChI is InChI=1S/C13H18Cl2N2O/c1-13(2,3)17-7-11-4-5-12(8-16-11)18-9-10(15)6-14/h4-6,8,17H,7,9H2,1-3H3. The van der Waals surface area contributed by atoms with Crippen LogP contribution < -0.4 is 10.1 Å². The molecule has 5 heteroatoms. The number of ether oxygens (including phenoxy) is 1. The fraction of sp³-hybridized carbons (Fsp3) is 0.462. The predicted octanol–water partition coefficient (Wildman–Crippen LogP) is 3.67. The zero-order chi connectivity index (χ0) is 13.6. The Balaban J connectivity index is 2.47. The van der Waals surface area contributed by atoms with E-state index in [4.69, 9.17) is 27.9 Å². The fourth-order valence-corrected chi connectivity index (χ4v) is 1.26. The topological polar surface area (TPSA) is 34.1 Å². The van der Waals surface area contributed by atoms with Crippen molar-refractivity contribution in [1.82, 2.24) is 10.3 Å². The van der Waals surface area contributed by atoms with Gasteiger partial charge < -0.3 is 10.1 Å². The molecule has 0 aromatic carbocycles. The number of halogens is 2. The second kappa shape index (κ2) is 6.98. The van der Waals surface area contributed by atoms with E-state index in [2.05, 4.69) is 31.1 Å². The molecule has 0 amide bonds. The summed E-state index contributed by atoms with van der Waals surface area (Å²) in [6.45, 7) is 7.33. The number of hydrogen-bond acceptors (Lipinski definition) is 3. The van der Waals surface area contributed by atoms with Crippen LogP contribution in [0.5, 0.6) is 5.75 Å². The second-order valence-electron chi connectivity index (χ2n) is 4.93. The average Bonchev–Trinajstić information content (AvgIpc) is 2.33. The van der Waals surface area contributed by atoms with Crippen LogP contribution in [0.3, 0.4) is 0 Å². The average molecular weight is 289 g/mol. The van der Waals surface area contributed by atoms with Crippen LogP contribution in [-0.2, 0) is 6.54 Å². The number of hydrogen-bond donors (Lipinski definition) is 1. The molecule has 18 heavy (non-hydrogen) atoms. The Morgan fingerprint density at radius 1 is 1.44 bits per heavy atom. The molecule has 3 nitrogen and oxygen atoms in total. The Hall–Kier alpha value is -0.770. The highest BCUT2D eigenvalue weighted by Gasteiger charge is 2.08. The fourth-order valence-electron chi connectivity index (χ4n) is 1.14. The van der Waals surface area contributed by atoms with Gasteiger partial charge in [-0.15, -0.1) is 0 Å². The zero-order valence-electron chi connectivity index (χ0n) is 10.8. The lowest BCUT2D eigenvalue weighted by molar-refractivity contribution is 0.357. The van der Waals surface area contributed by atoms with Crippen LogP contribution in [0, 0.1) is 0 Å². The quantitative estimate of drug-likeness (QED) is 0.898. The second-order valence-corrected chi connectivity index (χ2v) is 5.64. The third-order valence-electron chi connectivity index (χ3n) is 2.09. The summed E-state index contributed by atoms with van der Waals surface area (Å²) >= 11 is 11.1. The van der Waals surface area contributed by atoms with E-state index in [1.165, 1.54) is 5.54 Å². The third kappa shape index (κ3) is 6.24. The van der Waals surface area contributed by atoms with Gasteiger partial charge in [-0.2, -0.15) is 0 Å². The molecule has 100 valence electrons. The minimum absolute atomic E-state index is 0.0789. The van der Waals surface area contributed by atoms with Crippen molar-refractivity contribution in [2.75, 3.05) is 6.61 Å². The molecule has 0 radical (unpaired) electrons. The van der Waals surface area contributed by atoms with Crippen LogP contribution in [0.2, 0.25) is 0 Å². The third-order valence-corrected chi connectivity index (χ3v) is 2.69. The van der Waals surface area contributed by atoms with Gasteiger partial charge in [-0.25, -0.2) is 0 Å². The molecule has 0 saturated heterocycles. The van der Waals surface area contributed by atoms with Crippen molar-refractivity contribution in [3.05, 3.63) is 34.6 Å². The van der Waals surface area contributed by atoms with Gasteiger partial charge in [-0.05, 0) is 32.9 Å². The molecule has 0 saturated carbocycles. The summed E-state index contributed by atoms with van der Waals surface area (Å²) in [4.78, 5) is 4.30. The number of rotatable bonds is 5. The molecule has 0 aliphatic heterocycles. The molecule has 1 rings (SSSR count). The predicted molar refractivity (Wildman–Crippen MR) is 76.1 cm³/mol. The van der Waals surface area contributed by atoms with Crippen molar-refractivity contribution in [3.63, 3.8) is 0 Å². The van der Waals surface area contributed by atoms with Gasteiger partial charge >= 0.3 is 0 Å². The highest BCUT2D eigenvalue weighted by atomic mass is 35.5. The van der Waals surface area contributed by atoms with Gasteiger partial charge in [0.25, 0.3) is 0 Å². The summed E-state index contributed by atoms with van der Waals surface area (Å²) < 4.78 is 5.39. The maximum absolute atomic E-state index is 5.72. The van der Waals surface area contributed by atoms with E-state index in [9.17, 15) is 0 Å². The molecule has 1 N–H and O–H groups in total. The molecule has 0 atom stereocenters. The molecule has 0 aliphatic rings. The van der Waals surface area contributed by atoms with Crippen molar-refractivity contribution in [3.8, 4) is 5.75 Å². The largest absolute Gasteiger partial charge is 0.486 e. The van der Waals surface area contributed by atoms with E-state index >= 15 is 0 Å². The molecule has 1 aromatic heterocycles. The summed E-state index contributed by atoms with van der Waals surface area (Å²) in [6.07, 6.45) is 1.68. The van der Waals surface area contributed by atoms with Crippen molar-refractivity contribution in [2.45, 2.75) is 32.9 Å². The lowest BCUT2D eigenvalue weighted by Gasteiger charge is -2.20. The Kier molecular flexibility index (Phi) is 5.93. The summed E-state index contributed by atoms with van der Waals surface area (Å²) in [7, 11) is 0. The maximum atomic E-state index is 5.72. The number of nitrogens with zero attached hydrogens (tertiary/aromatic N) is 1. The highest BCUT2D eigenvalue weighted by molar-refractivity contribution is 6.36. The molecule has 1 aromatic rings. The van der Waals surface area contributed by atoms with Crippen molar-refractivity contribution < 1.29 is 4.74 Å². The van der Waals surface area contributed by atoms with Crippen LogP contribution in [0.4, 0.5) is 0 Å². The van der Waals surface area contributed by atoms with Crippen molar-refractivity contribution in [1.29, 1.82) is 0 Å². The van der Waals surface area contributed by atoms with Crippen LogP contribution in [-0.4, -0.2) is 17.1 Å². The van der Waals surface area contributed by atoms with Crippen molar-refractivity contribution >= 4 is 23.2 Å². The first-order valence-corrected chi connectivity index (χ1v) is 6.49. The SMILES string of the molecule is CC(C)(C)NCc1ccc(OCC(Cl)=CCl)cn1. The van der Waals surface area contributed by atoms with E-state index in [-0.39, 0.29) is 12.1 Å². The van der Waals surface area contributed by atoms with Gasteiger partial charge in [0.05, 0.1) is 16.9 Å². The Labute approximate surface area is 118 Å². The van der Waals surface area contributed by atoms with E-state index in [1.807, 2.05) is 12.1 Å².